The lowest BCUT2D eigenvalue weighted by atomic mass is 9.85. The van der Waals surface area contributed by atoms with Gasteiger partial charge in [-0.2, -0.15) is 13.2 Å². The van der Waals surface area contributed by atoms with Crippen LogP contribution in [0.25, 0.3) is 0 Å². The van der Waals surface area contributed by atoms with E-state index in [2.05, 4.69) is 27.8 Å². The summed E-state index contributed by atoms with van der Waals surface area (Å²) in [6.07, 6.45) is 1.37. The van der Waals surface area contributed by atoms with Crippen LogP contribution in [0.1, 0.15) is 12.8 Å². The minimum Gasteiger partial charge on any atom is -0.356 e. The number of imide groups is 1. The molecular formula is C19H28F3N5O2. The van der Waals surface area contributed by atoms with Crippen molar-refractivity contribution in [2.24, 2.45) is 28.7 Å². The number of fused-ring (bicyclic) bond motifs is 5. The molecule has 2 fully saturated rings. The molecule has 3 rings (SSSR count). The number of carbonyl (C=O) groups excluding carboxylic acids is 2. The molecule has 0 aromatic heterocycles. The zero-order valence-electron chi connectivity index (χ0n) is 16.7. The van der Waals surface area contributed by atoms with Gasteiger partial charge in [0.05, 0.1) is 18.4 Å². The fourth-order valence-electron chi connectivity index (χ4n) is 4.63. The highest BCUT2D eigenvalue weighted by atomic mass is 19.4. The minimum atomic E-state index is -4.20. The first kappa shape index (κ1) is 21.6. The van der Waals surface area contributed by atoms with Crippen LogP contribution in [0.15, 0.2) is 17.1 Å². The molecule has 7 nitrogen and oxygen atoms in total. The third-order valence-corrected chi connectivity index (χ3v) is 5.87. The van der Waals surface area contributed by atoms with Crippen molar-refractivity contribution < 1.29 is 22.8 Å². The third-order valence-electron chi connectivity index (χ3n) is 5.87. The molecule has 1 aliphatic heterocycles. The molecule has 1 heterocycles. The topological polar surface area (TPSA) is 77.0 Å². The second-order valence-electron chi connectivity index (χ2n) is 7.96. The van der Waals surface area contributed by atoms with Gasteiger partial charge in [0, 0.05) is 26.7 Å². The molecule has 162 valence electrons. The lowest BCUT2D eigenvalue weighted by molar-refractivity contribution is -0.143. The van der Waals surface area contributed by atoms with Gasteiger partial charge in [-0.15, -0.1) is 0 Å². The Labute approximate surface area is 168 Å². The van der Waals surface area contributed by atoms with E-state index < -0.39 is 12.7 Å². The highest BCUT2D eigenvalue weighted by molar-refractivity contribution is 6.06. The van der Waals surface area contributed by atoms with E-state index in [1.54, 1.807) is 7.05 Å². The average molecular weight is 415 g/mol. The van der Waals surface area contributed by atoms with E-state index in [4.69, 9.17) is 0 Å². The number of nitrogens with one attached hydrogen (secondary N) is 2. The Morgan fingerprint density at radius 3 is 2.31 bits per heavy atom. The number of halogens is 3. The number of nitrogens with zero attached hydrogens (tertiary/aromatic N) is 3. The number of hydrogen-bond donors (Lipinski definition) is 2. The van der Waals surface area contributed by atoms with E-state index in [-0.39, 0.29) is 42.0 Å². The predicted molar refractivity (Wildman–Crippen MR) is 102 cm³/mol. The fourth-order valence-corrected chi connectivity index (χ4v) is 4.63. The van der Waals surface area contributed by atoms with E-state index in [0.29, 0.717) is 32.0 Å². The summed E-state index contributed by atoms with van der Waals surface area (Å²) in [5.41, 5.74) is 0. The molecule has 4 unspecified atom stereocenters. The molecule has 0 spiro atoms. The number of likely N-dealkylation sites (tertiary alicyclic amines) is 1. The van der Waals surface area contributed by atoms with Crippen molar-refractivity contribution in [2.75, 3.05) is 46.8 Å². The van der Waals surface area contributed by atoms with Crippen LogP contribution in [-0.4, -0.2) is 80.6 Å². The van der Waals surface area contributed by atoms with Crippen LogP contribution in [0, 0.1) is 23.7 Å². The molecule has 1 saturated carbocycles. The quantitative estimate of drug-likeness (QED) is 0.202. The summed E-state index contributed by atoms with van der Waals surface area (Å²) in [6, 6.07) is 0. The first-order chi connectivity index (χ1) is 13.7. The van der Waals surface area contributed by atoms with Crippen molar-refractivity contribution in [3.63, 3.8) is 0 Å². The van der Waals surface area contributed by atoms with Crippen molar-refractivity contribution in [3.05, 3.63) is 12.2 Å². The van der Waals surface area contributed by atoms with Gasteiger partial charge in [0.25, 0.3) is 0 Å². The van der Waals surface area contributed by atoms with Gasteiger partial charge in [0.1, 0.15) is 0 Å². The van der Waals surface area contributed by atoms with Gasteiger partial charge >= 0.3 is 6.18 Å². The molecule has 3 aliphatic rings. The van der Waals surface area contributed by atoms with Gasteiger partial charge in [-0.3, -0.25) is 24.4 Å². The number of hydrogen-bond acceptors (Lipinski definition) is 4. The summed E-state index contributed by atoms with van der Waals surface area (Å²) >= 11 is 0. The molecule has 4 atom stereocenters. The third kappa shape index (κ3) is 4.91. The Balaban J connectivity index is 1.35. The van der Waals surface area contributed by atoms with E-state index in [9.17, 15) is 22.8 Å². The second-order valence-corrected chi connectivity index (χ2v) is 7.96. The molecule has 2 N–H and O–H groups in total. The van der Waals surface area contributed by atoms with Crippen LogP contribution in [0.2, 0.25) is 0 Å². The SMILES string of the molecule is CN=C(NCCCN(C)CC(F)(F)F)NCCN1C(=O)C2C3C=CC(C3)C2C1=O. The van der Waals surface area contributed by atoms with Gasteiger partial charge in [0.15, 0.2) is 5.96 Å². The molecule has 2 bridgehead atoms. The predicted octanol–water partition coefficient (Wildman–Crippen LogP) is 0.843. The van der Waals surface area contributed by atoms with Gasteiger partial charge in [-0.25, -0.2) is 0 Å². The Morgan fingerprint density at radius 2 is 1.76 bits per heavy atom. The number of guanidine groups is 1. The monoisotopic (exact) mass is 415 g/mol. The number of rotatable bonds is 8. The van der Waals surface area contributed by atoms with Crippen LogP contribution in [0.4, 0.5) is 13.2 Å². The Hall–Kier alpha value is -2.10. The number of amides is 2. The van der Waals surface area contributed by atoms with Crippen molar-refractivity contribution in [3.8, 4) is 0 Å². The summed E-state index contributed by atoms with van der Waals surface area (Å²) in [5.74, 6) is 0.356. The van der Waals surface area contributed by atoms with E-state index in [1.807, 2.05) is 0 Å². The maximum atomic E-state index is 12.6. The number of allylic oxidation sites excluding steroid dienone is 2. The second kappa shape index (κ2) is 8.73. The van der Waals surface area contributed by atoms with Crippen molar-refractivity contribution in [1.82, 2.24) is 20.4 Å². The van der Waals surface area contributed by atoms with Crippen LogP contribution >= 0.6 is 0 Å². The molecule has 29 heavy (non-hydrogen) atoms. The van der Waals surface area contributed by atoms with Crippen LogP contribution in [0.3, 0.4) is 0 Å². The number of aliphatic imine (C=N–C) groups is 1. The Morgan fingerprint density at radius 1 is 1.17 bits per heavy atom. The molecule has 0 aromatic rings. The zero-order chi connectivity index (χ0) is 21.2. The minimum absolute atomic E-state index is 0.0747. The molecule has 1 saturated heterocycles. The smallest absolute Gasteiger partial charge is 0.356 e. The van der Waals surface area contributed by atoms with E-state index in [0.717, 1.165) is 6.42 Å². The van der Waals surface area contributed by atoms with Crippen LogP contribution < -0.4 is 10.6 Å². The molecule has 0 aromatic carbocycles. The molecule has 0 radical (unpaired) electrons. The summed E-state index contributed by atoms with van der Waals surface area (Å²) in [5, 5.41) is 6.08. The Kier molecular flexibility index (Phi) is 6.50. The lowest BCUT2D eigenvalue weighted by Crippen LogP contribution is -2.44. The maximum absolute atomic E-state index is 12.6. The van der Waals surface area contributed by atoms with Crippen LogP contribution in [-0.2, 0) is 9.59 Å². The number of carbonyl (C=O) groups is 2. The number of alkyl halides is 3. The zero-order valence-corrected chi connectivity index (χ0v) is 16.7. The van der Waals surface area contributed by atoms with E-state index >= 15 is 0 Å². The first-order valence-corrected chi connectivity index (χ1v) is 9.94. The molecule has 2 amide bonds. The van der Waals surface area contributed by atoms with Gasteiger partial charge in [-0.05, 0) is 38.3 Å². The summed E-state index contributed by atoms with van der Waals surface area (Å²) in [6.45, 7) is 0.478. The lowest BCUT2D eigenvalue weighted by Gasteiger charge is -2.20. The average Bonchev–Trinajstić information content (AvgIpc) is 3.31. The highest BCUT2D eigenvalue weighted by Crippen LogP contribution is 2.52. The largest absolute Gasteiger partial charge is 0.401 e. The van der Waals surface area contributed by atoms with Crippen molar-refractivity contribution in [2.45, 2.75) is 19.0 Å². The summed E-state index contributed by atoms with van der Waals surface area (Å²) in [7, 11) is 3.02. The fraction of sp³-hybridized carbons (Fsp3) is 0.737. The maximum Gasteiger partial charge on any atom is 0.401 e. The highest BCUT2D eigenvalue weighted by Gasteiger charge is 2.58. The Bertz CT molecular complexity index is 664. The van der Waals surface area contributed by atoms with Crippen LogP contribution in [0.5, 0.6) is 0 Å². The van der Waals surface area contributed by atoms with Gasteiger partial charge < -0.3 is 10.6 Å². The standard InChI is InChI=1S/C19H28F3N5O2/c1-23-18(24-6-3-8-26(2)11-19(20,21)22)25-7-9-27-16(28)14-12-4-5-13(10-12)15(14)17(27)29/h4-5,12-15H,3,6-11H2,1-2H3,(H2,23,24,25). The normalized spacial score (nSPS) is 28.6. The van der Waals surface area contributed by atoms with E-state index in [1.165, 1.54) is 16.8 Å². The molecule has 10 heteroatoms. The first-order valence-electron chi connectivity index (χ1n) is 9.94. The summed E-state index contributed by atoms with van der Waals surface area (Å²) in [4.78, 5) is 31.9. The molecule has 2 aliphatic carbocycles. The summed E-state index contributed by atoms with van der Waals surface area (Å²) < 4.78 is 36.9. The molecular weight excluding hydrogens is 387 g/mol. The van der Waals surface area contributed by atoms with Crippen molar-refractivity contribution in [1.29, 1.82) is 0 Å². The van der Waals surface area contributed by atoms with Gasteiger partial charge in [0.2, 0.25) is 11.8 Å². The van der Waals surface area contributed by atoms with Gasteiger partial charge in [-0.1, -0.05) is 12.2 Å². The van der Waals surface area contributed by atoms with Crippen molar-refractivity contribution >= 4 is 17.8 Å².